The summed E-state index contributed by atoms with van der Waals surface area (Å²) in [5, 5.41) is 10.7. The fourth-order valence-corrected chi connectivity index (χ4v) is 1.49. The molecule has 0 radical (unpaired) electrons. The van der Waals surface area contributed by atoms with Crippen molar-refractivity contribution in [2.75, 3.05) is 6.61 Å². The summed E-state index contributed by atoms with van der Waals surface area (Å²) in [7, 11) is 0. The quantitative estimate of drug-likeness (QED) is 0.508. The molecule has 0 aliphatic rings. The van der Waals surface area contributed by atoms with E-state index in [-0.39, 0.29) is 19.0 Å². The van der Waals surface area contributed by atoms with Gasteiger partial charge in [-0.05, 0) is 19.1 Å². The molecule has 0 fully saturated rings. The van der Waals surface area contributed by atoms with E-state index < -0.39 is 39.9 Å². The highest BCUT2D eigenvalue weighted by Gasteiger charge is 2.49. The minimum atomic E-state index is -4.17. The topological polar surface area (TPSA) is 95.5 Å². The van der Waals surface area contributed by atoms with Gasteiger partial charge in [0.15, 0.2) is 0 Å². The normalized spacial score (nSPS) is 12.2. The molecule has 6 nitrogen and oxygen atoms in total. The molecular formula is C11H12ClF3N2O4. The lowest BCUT2D eigenvalue weighted by atomic mass is 9.99. The first-order valence-electron chi connectivity index (χ1n) is 5.46. The SMILES string of the molecule is CCOC(=O)C(F)(F)[C@H](N)c1ccc(F)cc1[N+](=O)[O-].Cl. The van der Waals surface area contributed by atoms with Crippen LogP contribution in [-0.4, -0.2) is 23.4 Å². The maximum atomic E-state index is 13.7. The number of carbonyl (C=O) groups excluding carboxylic acids is 1. The first-order valence-corrected chi connectivity index (χ1v) is 5.46. The predicted molar refractivity (Wildman–Crippen MR) is 68.8 cm³/mol. The Morgan fingerprint density at radius 3 is 2.57 bits per heavy atom. The summed E-state index contributed by atoms with van der Waals surface area (Å²) in [4.78, 5) is 20.8. The van der Waals surface area contributed by atoms with Gasteiger partial charge in [-0.1, -0.05) is 0 Å². The van der Waals surface area contributed by atoms with Crippen LogP contribution >= 0.6 is 12.4 Å². The summed E-state index contributed by atoms with van der Waals surface area (Å²) >= 11 is 0. The fourth-order valence-electron chi connectivity index (χ4n) is 1.49. The summed E-state index contributed by atoms with van der Waals surface area (Å²) in [5.41, 5.74) is 3.63. The van der Waals surface area contributed by atoms with Crippen LogP contribution in [-0.2, 0) is 9.53 Å². The lowest BCUT2D eigenvalue weighted by Crippen LogP contribution is -2.42. The molecule has 0 heterocycles. The number of nitrogens with two attached hydrogens (primary N) is 1. The Morgan fingerprint density at radius 2 is 2.10 bits per heavy atom. The lowest BCUT2D eigenvalue weighted by molar-refractivity contribution is -0.386. The van der Waals surface area contributed by atoms with Gasteiger partial charge in [-0.2, -0.15) is 8.78 Å². The standard InChI is InChI=1S/C11H11F3N2O4.ClH/c1-2-20-10(17)11(13,14)9(15)7-4-3-6(12)5-8(7)16(18)19;/h3-5,9H,2,15H2,1H3;1H/t9-;/m1./s1. The van der Waals surface area contributed by atoms with Crippen LogP contribution in [0.2, 0.25) is 0 Å². The second-order valence-corrected chi connectivity index (χ2v) is 3.78. The number of nitro groups is 1. The number of alkyl halides is 2. The first-order chi connectivity index (χ1) is 9.21. The molecule has 0 saturated carbocycles. The molecule has 1 aromatic rings. The van der Waals surface area contributed by atoms with Crippen molar-refractivity contribution in [2.45, 2.75) is 18.9 Å². The number of hydrogen-bond acceptors (Lipinski definition) is 5. The third kappa shape index (κ3) is 4.05. The summed E-state index contributed by atoms with van der Waals surface area (Å²) < 4.78 is 44.5. The fraction of sp³-hybridized carbons (Fsp3) is 0.364. The highest BCUT2D eigenvalue weighted by molar-refractivity contribution is 5.85. The average Bonchev–Trinajstić information content (AvgIpc) is 2.37. The van der Waals surface area contributed by atoms with Crippen LogP contribution in [0.15, 0.2) is 18.2 Å². The number of halogens is 4. The smallest absolute Gasteiger partial charge is 0.379 e. The van der Waals surface area contributed by atoms with Crippen molar-refractivity contribution in [3.8, 4) is 0 Å². The van der Waals surface area contributed by atoms with Gasteiger partial charge in [-0.3, -0.25) is 10.1 Å². The third-order valence-electron chi connectivity index (χ3n) is 2.46. The number of nitrogens with zero attached hydrogens (tertiary/aromatic N) is 1. The molecule has 0 amide bonds. The van der Waals surface area contributed by atoms with Gasteiger partial charge >= 0.3 is 11.9 Å². The van der Waals surface area contributed by atoms with Gasteiger partial charge in [0.05, 0.1) is 23.2 Å². The van der Waals surface area contributed by atoms with Gasteiger partial charge in [0.1, 0.15) is 11.9 Å². The summed E-state index contributed by atoms with van der Waals surface area (Å²) in [6, 6.07) is -0.381. The lowest BCUT2D eigenvalue weighted by Gasteiger charge is -2.21. The van der Waals surface area contributed by atoms with Crippen molar-refractivity contribution in [2.24, 2.45) is 5.73 Å². The number of carbonyl (C=O) groups is 1. The van der Waals surface area contributed by atoms with Crippen molar-refractivity contribution in [1.29, 1.82) is 0 Å². The van der Waals surface area contributed by atoms with E-state index in [2.05, 4.69) is 4.74 Å². The van der Waals surface area contributed by atoms with Crippen molar-refractivity contribution in [1.82, 2.24) is 0 Å². The molecule has 0 aliphatic heterocycles. The number of esters is 1. The zero-order chi connectivity index (χ0) is 15.5. The number of ether oxygens (including phenoxy) is 1. The van der Waals surface area contributed by atoms with Gasteiger partial charge < -0.3 is 10.5 Å². The van der Waals surface area contributed by atoms with Crippen LogP contribution in [0.4, 0.5) is 18.9 Å². The Bertz CT molecular complexity index is 542. The van der Waals surface area contributed by atoms with Gasteiger partial charge in [-0.25, -0.2) is 9.18 Å². The predicted octanol–water partition coefficient (Wildman–Crippen LogP) is 2.35. The van der Waals surface area contributed by atoms with Gasteiger partial charge in [0, 0.05) is 0 Å². The molecule has 10 heteroatoms. The van der Waals surface area contributed by atoms with Gasteiger partial charge in [0.2, 0.25) is 0 Å². The second kappa shape index (κ2) is 7.23. The molecule has 1 rings (SSSR count). The van der Waals surface area contributed by atoms with Crippen molar-refractivity contribution >= 4 is 24.1 Å². The van der Waals surface area contributed by atoms with E-state index in [0.29, 0.717) is 6.07 Å². The molecule has 1 atom stereocenters. The van der Waals surface area contributed by atoms with E-state index in [9.17, 15) is 28.1 Å². The molecule has 0 aromatic heterocycles. The minimum Gasteiger partial charge on any atom is -0.462 e. The molecule has 1 aromatic carbocycles. The minimum absolute atomic E-state index is 0. The van der Waals surface area contributed by atoms with Crippen molar-refractivity contribution in [3.05, 3.63) is 39.7 Å². The molecule has 21 heavy (non-hydrogen) atoms. The van der Waals surface area contributed by atoms with Crippen LogP contribution in [0.3, 0.4) is 0 Å². The highest BCUT2D eigenvalue weighted by Crippen LogP contribution is 2.35. The van der Waals surface area contributed by atoms with Crippen LogP contribution in [0, 0.1) is 15.9 Å². The maximum absolute atomic E-state index is 13.7. The average molecular weight is 329 g/mol. The number of rotatable bonds is 5. The molecular weight excluding hydrogens is 317 g/mol. The first kappa shape index (κ1) is 19.1. The summed E-state index contributed by atoms with van der Waals surface area (Å²) in [6.07, 6.45) is 0. The zero-order valence-corrected chi connectivity index (χ0v) is 11.5. The number of benzene rings is 1. The van der Waals surface area contributed by atoms with Gasteiger partial charge in [0.25, 0.3) is 5.69 Å². The van der Waals surface area contributed by atoms with E-state index in [1.807, 2.05) is 0 Å². The Labute approximate surface area is 123 Å². The highest BCUT2D eigenvalue weighted by atomic mass is 35.5. The van der Waals surface area contributed by atoms with Crippen molar-refractivity contribution < 1.29 is 27.6 Å². The largest absolute Gasteiger partial charge is 0.462 e. The van der Waals surface area contributed by atoms with Crippen molar-refractivity contribution in [3.63, 3.8) is 0 Å². The molecule has 0 bridgehead atoms. The molecule has 0 aliphatic carbocycles. The van der Waals surface area contributed by atoms with E-state index in [4.69, 9.17) is 5.73 Å². The van der Waals surface area contributed by atoms with Crippen LogP contribution in [0.5, 0.6) is 0 Å². The van der Waals surface area contributed by atoms with Crippen LogP contribution < -0.4 is 5.73 Å². The molecule has 0 saturated heterocycles. The Hall–Kier alpha value is -1.87. The third-order valence-corrected chi connectivity index (χ3v) is 2.46. The van der Waals surface area contributed by atoms with E-state index in [0.717, 1.165) is 12.1 Å². The summed E-state index contributed by atoms with van der Waals surface area (Å²) in [6.45, 7) is 1.02. The van der Waals surface area contributed by atoms with E-state index in [1.54, 1.807) is 0 Å². The maximum Gasteiger partial charge on any atom is 0.379 e. The molecule has 0 spiro atoms. The van der Waals surface area contributed by atoms with E-state index >= 15 is 0 Å². The van der Waals surface area contributed by atoms with Crippen LogP contribution in [0.1, 0.15) is 18.5 Å². The summed E-state index contributed by atoms with van der Waals surface area (Å²) in [5.74, 6) is -7.04. The number of nitro benzene ring substituents is 1. The second-order valence-electron chi connectivity index (χ2n) is 3.78. The number of hydrogen-bond donors (Lipinski definition) is 1. The Morgan fingerprint density at radius 1 is 1.52 bits per heavy atom. The molecule has 0 unspecified atom stereocenters. The molecule has 2 N–H and O–H groups in total. The Kier molecular flexibility index (Phi) is 6.58. The molecule has 118 valence electrons. The Balaban J connectivity index is 0.00000400. The van der Waals surface area contributed by atoms with Gasteiger partial charge in [-0.15, -0.1) is 12.4 Å². The van der Waals surface area contributed by atoms with Crippen LogP contribution in [0.25, 0.3) is 0 Å². The zero-order valence-electron chi connectivity index (χ0n) is 10.7. The van der Waals surface area contributed by atoms with E-state index in [1.165, 1.54) is 6.92 Å². The monoisotopic (exact) mass is 328 g/mol.